The van der Waals surface area contributed by atoms with Gasteiger partial charge in [0.1, 0.15) is 11.0 Å². The van der Waals surface area contributed by atoms with E-state index in [1.807, 2.05) is 0 Å². The summed E-state index contributed by atoms with van der Waals surface area (Å²) in [4.78, 5) is 12.6. The standard InChI is InChI=1S/C18H13Cl3FN3O/c1-10-16(17(21)25(24-10)14-6-4-13(22)5-7-14)18(26)23-9-11-2-3-12(19)8-15(11)20/h2-8H,9H2,1H3,(H,23,26). The smallest absolute Gasteiger partial charge is 0.256 e. The van der Waals surface area contributed by atoms with Crippen molar-refractivity contribution in [2.45, 2.75) is 13.5 Å². The quantitative estimate of drug-likeness (QED) is 0.639. The van der Waals surface area contributed by atoms with E-state index < -0.39 is 0 Å². The van der Waals surface area contributed by atoms with Crippen LogP contribution in [0.4, 0.5) is 4.39 Å². The molecule has 0 radical (unpaired) electrons. The number of hydrogen-bond donors (Lipinski definition) is 1. The lowest BCUT2D eigenvalue weighted by Crippen LogP contribution is -2.23. The highest BCUT2D eigenvalue weighted by Crippen LogP contribution is 2.24. The maximum atomic E-state index is 13.1. The number of carbonyl (C=O) groups is 1. The molecule has 0 spiro atoms. The molecule has 0 bridgehead atoms. The maximum Gasteiger partial charge on any atom is 0.256 e. The van der Waals surface area contributed by atoms with E-state index in [1.165, 1.54) is 28.9 Å². The average molecular weight is 413 g/mol. The third kappa shape index (κ3) is 3.85. The highest BCUT2D eigenvalue weighted by molar-refractivity contribution is 6.35. The molecule has 0 aliphatic carbocycles. The topological polar surface area (TPSA) is 46.9 Å². The van der Waals surface area contributed by atoms with Gasteiger partial charge < -0.3 is 5.32 Å². The Hall–Kier alpha value is -2.08. The third-order valence-corrected chi connectivity index (χ3v) is 4.69. The number of amides is 1. The van der Waals surface area contributed by atoms with Crippen molar-refractivity contribution in [3.8, 4) is 5.69 Å². The van der Waals surface area contributed by atoms with E-state index in [1.54, 1.807) is 25.1 Å². The van der Waals surface area contributed by atoms with Gasteiger partial charge in [-0.3, -0.25) is 4.79 Å². The maximum absolute atomic E-state index is 13.1. The summed E-state index contributed by atoms with van der Waals surface area (Å²) in [5.74, 6) is -0.751. The molecule has 0 saturated carbocycles. The molecule has 0 saturated heterocycles. The van der Waals surface area contributed by atoms with Crippen molar-refractivity contribution < 1.29 is 9.18 Å². The van der Waals surface area contributed by atoms with Crippen molar-refractivity contribution in [2.24, 2.45) is 0 Å². The molecule has 0 atom stereocenters. The molecular formula is C18H13Cl3FN3O. The lowest BCUT2D eigenvalue weighted by molar-refractivity contribution is 0.0950. The van der Waals surface area contributed by atoms with Crippen LogP contribution < -0.4 is 5.32 Å². The Morgan fingerprint density at radius 1 is 1.15 bits per heavy atom. The number of hydrogen-bond acceptors (Lipinski definition) is 2. The Balaban J connectivity index is 1.82. The number of aryl methyl sites for hydroxylation is 1. The molecule has 1 aromatic heterocycles. The first kappa shape index (κ1) is 18.7. The molecule has 134 valence electrons. The molecule has 1 N–H and O–H groups in total. The summed E-state index contributed by atoms with van der Waals surface area (Å²) in [5, 5.41) is 8.17. The summed E-state index contributed by atoms with van der Waals surface area (Å²) in [5.41, 5.74) is 1.99. The van der Waals surface area contributed by atoms with E-state index in [0.717, 1.165) is 5.56 Å². The van der Waals surface area contributed by atoms with Crippen LogP contribution in [0.3, 0.4) is 0 Å². The van der Waals surface area contributed by atoms with Gasteiger partial charge in [-0.25, -0.2) is 9.07 Å². The van der Waals surface area contributed by atoms with Gasteiger partial charge in [0.2, 0.25) is 0 Å². The zero-order valence-corrected chi connectivity index (χ0v) is 15.8. The van der Waals surface area contributed by atoms with Gasteiger partial charge >= 0.3 is 0 Å². The Morgan fingerprint density at radius 2 is 1.85 bits per heavy atom. The fourth-order valence-electron chi connectivity index (χ4n) is 2.44. The van der Waals surface area contributed by atoms with Crippen LogP contribution in [-0.4, -0.2) is 15.7 Å². The minimum absolute atomic E-state index is 0.147. The van der Waals surface area contributed by atoms with Gasteiger partial charge in [0.25, 0.3) is 5.91 Å². The van der Waals surface area contributed by atoms with Crippen LogP contribution >= 0.6 is 34.8 Å². The Morgan fingerprint density at radius 3 is 2.50 bits per heavy atom. The first-order chi connectivity index (χ1) is 12.4. The monoisotopic (exact) mass is 411 g/mol. The van der Waals surface area contributed by atoms with Crippen molar-refractivity contribution in [1.29, 1.82) is 0 Å². The molecule has 3 aromatic rings. The largest absolute Gasteiger partial charge is 0.348 e. The van der Waals surface area contributed by atoms with Crippen LogP contribution in [0, 0.1) is 12.7 Å². The SMILES string of the molecule is Cc1nn(-c2ccc(F)cc2)c(Cl)c1C(=O)NCc1ccc(Cl)cc1Cl. The third-order valence-electron chi connectivity index (χ3n) is 3.76. The number of nitrogens with one attached hydrogen (secondary N) is 1. The number of rotatable bonds is 4. The molecule has 1 heterocycles. The predicted molar refractivity (Wildman–Crippen MR) is 101 cm³/mol. The number of nitrogens with zero attached hydrogens (tertiary/aromatic N) is 2. The Bertz CT molecular complexity index is 971. The van der Waals surface area contributed by atoms with Gasteiger partial charge in [-0.1, -0.05) is 40.9 Å². The van der Waals surface area contributed by atoms with Gasteiger partial charge in [-0.05, 0) is 48.9 Å². The van der Waals surface area contributed by atoms with Crippen LogP contribution in [0.1, 0.15) is 21.6 Å². The van der Waals surface area contributed by atoms with Gasteiger partial charge in [-0.2, -0.15) is 5.10 Å². The van der Waals surface area contributed by atoms with E-state index >= 15 is 0 Å². The van der Waals surface area contributed by atoms with Crippen LogP contribution in [-0.2, 0) is 6.54 Å². The highest BCUT2D eigenvalue weighted by atomic mass is 35.5. The van der Waals surface area contributed by atoms with Crippen molar-refractivity contribution >= 4 is 40.7 Å². The summed E-state index contributed by atoms with van der Waals surface area (Å²) in [7, 11) is 0. The second kappa shape index (κ2) is 7.66. The first-order valence-corrected chi connectivity index (χ1v) is 8.73. The fourth-order valence-corrected chi connectivity index (χ4v) is 3.27. The number of halogens is 4. The zero-order valence-electron chi connectivity index (χ0n) is 13.6. The first-order valence-electron chi connectivity index (χ1n) is 7.60. The van der Waals surface area contributed by atoms with Crippen molar-refractivity contribution in [3.63, 3.8) is 0 Å². The molecule has 1 amide bonds. The molecule has 3 rings (SSSR count). The van der Waals surface area contributed by atoms with Crippen LogP contribution in [0.2, 0.25) is 15.2 Å². The second-order valence-electron chi connectivity index (χ2n) is 5.56. The Kier molecular flexibility index (Phi) is 5.51. The summed E-state index contributed by atoms with van der Waals surface area (Å²) in [6.45, 7) is 1.89. The highest BCUT2D eigenvalue weighted by Gasteiger charge is 2.21. The average Bonchev–Trinajstić information content (AvgIpc) is 2.89. The number of benzene rings is 2. The summed E-state index contributed by atoms with van der Waals surface area (Å²) >= 11 is 18.3. The van der Waals surface area contributed by atoms with Crippen LogP contribution in [0.25, 0.3) is 5.69 Å². The molecule has 0 aliphatic heterocycles. The minimum atomic E-state index is -0.383. The number of carbonyl (C=O) groups excluding carboxylic acids is 1. The van der Waals surface area contributed by atoms with E-state index in [-0.39, 0.29) is 29.0 Å². The lowest BCUT2D eigenvalue weighted by atomic mass is 10.2. The normalized spacial score (nSPS) is 10.8. The molecule has 0 fully saturated rings. The molecule has 2 aromatic carbocycles. The summed E-state index contributed by atoms with van der Waals surface area (Å²) in [6.07, 6.45) is 0. The van der Waals surface area contributed by atoms with Crippen molar-refractivity contribution in [3.05, 3.63) is 80.3 Å². The van der Waals surface area contributed by atoms with Crippen molar-refractivity contribution in [1.82, 2.24) is 15.1 Å². The van der Waals surface area contributed by atoms with E-state index in [0.29, 0.717) is 21.4 Å². The molecule has 0 aliphatic rings. The molecule has 0 unspecified atom stereocenters. The zero-order chi connectivity index (χ0) is 18.8. The Labute approximate surface area is 164 Å². The van der Waals surface area contributed by atoms with E-state index in [2.05, 4.69) is 10.4 Å². The minimum Gasteiger partial charge on any atom is -0.348 e. The summed E-state index contributed by atoms with van der Waals surface area (Å²) < 4.78 is 14.5. The van der Waals surface area contributed by atoms with Gasteiger partial charge in [-0.15, -0.1) is 0 Å². The number of aromatic nitrogens is 2. The summed E-state index contributed by atoms with van der Waals surface area (Å²) in [6, 6.07) is 10.7. The molecular weight excluding hydrogens is 400 g/mol. The molecule has 4 nitrogen and oxygen atoms in total. The van der Waals surface area contributed by atoms with Crippen molar-refractivity contribution in [2.75, 3.05) is 0 Å². The van der Waals surface area contributed by atoms with Crippen LogP contribution in [0.5, 0.6) is 0 Å². The van der Waals surface area contributed by atoms with Gasteiger partial charge in [0, 0.05) is 16.6 Å². The van der Waals surface area contributed by atoms with Gasteiger partial charge in [0.05, 0.1) is 16.9 Å². The molecule has 8 heteroatoms. The van der Waals surface area contributed by atoms with E-state index in [4.69, 9.17) is 34.8 Å². The fraction of sp³-hybridized carbons (Fsp3) is 0.111. The lowest BCUT2D eigenvalue weighted by Gasteiger charge is -2.08. The predicted octanol–water partition coefficient (Wildman–Crippen LogP) is 5.21. The van der Waals surface area contributed by atoms with E-state index in [9.17, 15) is 9.18 Å². The van der Waals surface area contributed by atoms with Gasteiger partial charge in [0.15, 0.2) is 0 Å². The second-order valence-corrected chi connectivity index (χ2v) is 6.76. The molecule has 26 heavy (non-hydrogen) atoms. The van der Waals surface area contributed by atoms with Crippen LogP contribution in [0.15, 0.2) is 42.5 Å².